The van der Waals surface area contributed by atoms with Crippen molar-refractivity contribution in [3.63, 3.8) is 0 Å². The van der Waals surface area contributed by atoms with Gasteiger partial charge in [0.15, 0.2) is 0 Å². The van der Waals surface area contributed by atoms with Gasteiger partial charge in [-0.2, -0.15) is 0 Å². The van der Waals surface area contributed by atoms with Crippen LogP contribution in [0.25, 0.3) is 0 Å². The zero-order chi connectivity index (χ0) is 14.7. The standard InChI is InChI=1S/C19H23NO/c1-14(17-10-9-16-6-4-7-18(16)12-17)20-13-15-5-3-8-19(11-15)21-2/h3,5,8-12,14,20H,4,6-7,13H2,1-2H3. The van der Waals surface area contributed by atoms with Gasteiger partial charge >= 0.3 is 0 Å². The van der Waals surface area contributed by atoms with Crippen LogP contribution in [0.1, 0.15) is 41.6 Å². The van der Waals surface area contributed by atoms with Gasteiger partial charge in [-0.25, -0.2) is 0 Å². The average Bonchev–Trinajstić information content (AvgIpc) is 3.00. The Hall–Kier alpha value is -1.80. The van der Waals surface area contributed by atoms with Crippen LogP contribution in [0, 0.1) is 0 Å². The number of nitrogens with one attached hydrogen (secondary N) is 1. The number of aryl methyl sites for hydroxylation is 2. The van der Waals surface area contributed by atoms with Gasteiger partial charge in [0, 0.05) is 12.6 Å². The molecule has 2 aromatic rings. The number of ether oxygens (including phenoxy) is 1. The number of fused-ring (bicyclic) bond motifs is 1. The summed E-state index contributed by atoms with van der Waals surface area (Å²) in [5.41, 5.74) is 5.72. The Labute approximate surface area is 127 Å². The van der Waals surface area contributed by atoms with Crippen LogP contribution in [-0.2, 0) is 19.4 Å². The number of benzene rings is 2. The van der Waals surface area contributed by atoms with Crippen LogP contribution in [-0.4, -0.2) is 7.11 Å². The molecule has 1 atom stereocenters. The summed E-state index contributed by atoms with van der Waals surface area (Å²) >= 11 is 0. The normalized spacial score (nSPS) is 14.8. The maximum absolute atomic E-state index is 5.27. The second-order valence-corrected chi connectivity index (χ2v) is 5.84. The lowest BCUT2D eigenvalue weighted by Gasteiger charge is -2.16. The van der Waals surface area contributed by atoms with Gasteiger partial charge in [0.25, 0.3) is 0 Å². The second kappa shape index (κ2) is 6.31. The van der Waals surface area contributed by atoms with Gasteiger partial charge in [0.1, 0.15) is 5.75 Å². The van der Waals surface area contributed by atoms with Gasteiger partial charge in [0.05, 0.1) is 7.11 Å². The summed E-state index contributed by atoms with van der Waals surface area (Å²) in [7, 11) is 1.71. The Morgan fingerprint density at radius 3 is 2.81 bits per heavy atom. The minimum absolute atomic E-state index is 0.363. The molecule has 0 aromatic heterocycles. The maximum atomic E-state index is 5.27. The minimum Gasteiger partial charge on any atom is -0.497 e. The predicted octanol–water partition coefficient (Wildman–Crippen LogP) is 4.03. The number of hydrogen-bond donors (Lipinski definition) is 1. The molecule has 0 fully saturated rings. The third-order valence-corrected chi connectivity index (χ3v) is 4.37. The summed E-state index contributed by atoms with van der Waals surface area (Å²) in [5.74, 6) is 0.916. The van der Waals surface area contributed by atoms with Crippen molar-refractivity contribution in [2.45, 2.75) is 38.8 Å². The fourth-order valence-corrected chi connectivity index (χ4v) is 3.03. The van der Waals surface area contributed by atoms with E-state index in [1.165, 1.54) is 30.4 Å². The van der Waals surface area contributed by atoms with E-state index in [0.29, 0.717) is 6.04 Å². The zero-order valence-corrected chi connectivity index (χ0v) is 12.9. The van der Waals surface area contributed by atoms with Crippen LogP contribution in [0.3, 0.4) is 0 Å². The lowest BCUT2D eigenvalue weighted by Crippen LogP contribution is -2.18. The van der Waals surface area contributed by atoms with Gasteiger partial charge in [-0.1, -0.05) is 30.3 Å². The second-order valence-electron chi connectivity index (χ2n) is 5.84. The van der Waals surface area contributed by atoms with Crippen LogP contribution >= 0.6 is 0 Å². The van der Waals surface area contributed by atoms with Crippen LogP contribution in [0.2, 0.25) is 0 Å². The molecule has 2 aromatic carbocycles. The van der Waals surface area contributed by atoms with E-state index in [0.717, 1.165) is 12.3 Å². The number of rotatable bonds is 5. The van der Waals surface area contributed by atoms with E-state index < -0.39 is 0 Å². The van der Waals surface area contributed by atoms with Crippen LogP contribution in [0.4, 0.5) is 0 Å². The molecule has 0 radical (unpaired) electrons. The van der Waals surface area contributed by atoms with E-state index in [9.17, 15) is 0 Å². The summed E-state index contributed by atoms with van der Waals surface area (Å²) < 4.78 is 5.27. The Morgan fingerprint density at radius 1 is 1.10 bits per heavy atom. The van der Waals surface area contributed by atoms with Crippen molar-refractivity contribution in [2.75, 3.05) is 7.11 Å². The largest absolute Gasteiger partial charge is 0.497 e. The van der Waals surface area contributed by atoms with Crippen LogP contribution in [0.15, 0.2) is 42.5 Å². The highest BCUT2D eigenvalue weighted by molar-refractivity contribution is 5.36. The molecule has 0 spiro atoms. The van der Waals surface area contributed by atoms with Crippen molar-refractivity contribution in [3.8, 4) is 5.75 Å². The Balaban J connectivity index is 1.64. The number of methoxy groups -OCH3 is 1. The molecule has 0 amide bonds. The van der Waals surface area contributed by atoms with Crippen LogP contribution < -0.4 is 10.1 Å². The van der Waals surface area contributed by atoms with Crippen molar-refractivity contribution >= 4 is 0 Å². The first-order valence-electron chi connectivity index (χ1n) is 7.74. The molecule has 1 N–H and O–H groups in total. The molecule has 0 bridgehead atoms. The molecule has 0 heterocycles. The first kappa shape index (κ1) is 14.2. The smallest absolute Gasteiger partial charge is 0.119 e. The van der Waals surface area contributed by atoms with E-state index in [4.69, 9.17) is 4.74 Å². The molecule has 2 nitrogen and oxygen atoms in total. The van der Waals surface area contributed by atoms with Gasteiger partial charge in [-0.05, 0) is 60.6 Å². The summed E-state index contributed by atoms with van der Waals surface area (Å²) in [5, 5.41) is 3.60. The highest BCUT2D eigenvalue weighted by Crippen LogP contribution is 2.25. The molecule has 3 rings (SSSR count). The first-order chi connectivity index (χ1) is 10.3. The van der Waals surface area contributed by atoms with Crippen molar-refractivity contribution in [1.82, 2.24) is 5.32 Å². The molecule has 0 saturated heterocycles. The summed E-state index contributed by atoms with van der Waals surface area (Å²) in [6, 6.07) is 15.6. The average molecular weight is 281 g/mol. The fourth-order valence-electron chi connectivity index (χ4n) is 3.03. The van der Waals surface area contributed by atoms with Gasteiger partial charge < -0.3 is 10.1 Å². The molecule has 2 heteroatoms. The summed E-state index contributed by atoms with van der Waals surface area (Å²) in [4.78, 5) is 0. The highest BCUT2D eigenvalue weighted by Gasteiger charge is 2.13. The molecular weight excluding hydrogens is 258 g/mol. The topological polar surface area (TPSA) is 21.3 Å². The Bertz CT molecular complexity index is 621. The minimum atomic E-state index is 0.363. The fraction of sp³-hybridized carbons (Fsp3) is 0.368. The first-order valence-corrected chi connectivity index (χ1v) is 7.74. The third kappa shape index (κ3) is 3.27. The molecule has 110 valence electrons. The molecule has 1 aliphatic carbocycles. The Kier molecular flexibility index (Phi) is 4.26. The van der Waals surface area contributed by atoms with Gasteiger partial charge in [-0.3, -0.25) is 0 Å². The van der Waals surface area contributed by atoms with E-state index in [-0.39, 0.29) is 0 Å². The van der Waals surface area contributed by atoms with Crippen molar-refractivity contribution in [3.05, 3.63) is 64.7 Å². The van der Waals surface area contributed by atoms with Gasteiger partial charge in [-0.15, -0.1) is 0 Å². The SMILES string of the molecule is COc1cccc(CNC(C)c2ccc3c(c2)CCC3)c1. The zero-order valence-electron chi connectivity index (χ0n) is 12.9. The lowest BCUT2D eigenvalue weighted by molar-refractivity contribution is 0.414. The molecule has 1 aliphatic rings. The molecule has 21 heavy (non-hydrogen) atoms. The third-order valence-electron chi connectivity index (χ3n) is 4.37. The van der Waals surface area contributed by atoms with E-state index in [1.807, 2.05) is 12.1 Å². The Morgan fingerprint density at radius 2 is 1.95 bits per heavy atom. The van der Waals surface area contributed by atoms with Crippen LogP contribution in [0.5, 0.6) is 5.75 Å². The van der Waals surface area contributed by atoms with E-state index in [1.54, 1.807) is 18.2 Å². The molecular formula is C19H23NO. The van der Waals surface area contributed by atoms with Crippen molar-refractivity contribution < 1.29 is 4.74 Å². The molecule has 0 saturated carbocycles. The quantitative estimate of drug-likeness (QED) is 0.893. The summed E-state index contributed by atoms with van der Waals surface area (Å²) in [6.07, 6.45) is 3.80. The van der Waals surface area contributed by atoms with Crippen molar-refractivity contribution in [2.24, 2.45) is 0 Å². The molecule has 1 unspecified atom stereocenters. The van der Waals surface area contributed by atoms with E-state index >= 15 is 0 Å². The number of hydrogen-bond acceptors (Lipinski definition) is 2. The van der Waals surface area contributed by atoms with Crippen molar-refractivity contribution in [1.29, 1.82) is 0 Å². The summed E-state index contributed by atoms with van der Waals surface area (Å²) in [6.45, 7) is 3.09. The van der Waals surface area contributed by atoms with Gasteiger partial charge in [0.2, 0.25) is 0 Å². The maximum Gasteiger partial charge on any atom is 0.119 e. The molecule has 0 aliphatic heterocycles. The van der Waals surface area contributed by atoms with E-state index in [2.05, 4.69) is 42.6 Å². The lowest BCUT2D eigenvalue weighted by atomic mass is 10.0. The predicted molar refractivity (Wildman–Crippen MR) is 86.7 cm³/mol. The highest BCUT2D eigenvalue weighted by atomic mass is 16.5. The monoisotopic (exact) mass is 281 g/mol.